The molecule has 0 N–H and O–H groups in total. The molecule has 0 bridgehead atoms. The van der Waals surface area contributed by atoms with Gasteiger partial charge < -0.3 is 9.32 Å². The number of carbonyl (C=O) groups excluding carboxylic acids is 1. The second-order valence-corrected chi connectivity index (χ2v) is 9.62. The van der Waals surface area contributed by atoms with Crippen LogP contribution in [0.5, 0.6) is 0 Å². The minimum atomic E-state index is -4.64. The van der Waals surface area contributed by atoms with E-state index in [9.17, 15) is 26.4 Å². The summed E-state index contributed by atoms with van der Waals surface area (Å²) in [6, 6.07) is 12.9. The van der Waals surface area contributed by atoms with E-state index in [0.29, 0.717) is 17.8 Å². The van der Waals surface area contributed by atoms with Crippen molar-refractivity contribution in [1.82, 2.24) is 19.4 Å². The largest absolute Gasteiger partial charge is 0.421 e. The molecule has 1 aliphatic heterocycles. The summed E-state index contributed by atoms with van der Waals surface area (Å²) < 4.78 is 71.1. The minimum absolute atomic E-state index is 0.0109. The highest BCUT2D eigenvalue weighted by molar-refractivity contribution is 7.89. The maximum Gasteiger partial charge on any atom is 0.416 e. The van der Waals surface area contributed by atoms with Gasteiger partial charge in [0.15, 0.2) is 0 Å². The first kappa shape index (κ1) is 23.9. The van der Waals surface area contributed by atoms with E-state index < -0.39 is 26.7 Å². The molecule has 12 heteroatoms. The molecule has 1 aromatic heterocycles. The molecule has 3 aromatic rings. The van der Waals surface area contributed by atoms with E-state index >= 15 is 0 Å². The maximum absolute atomic E-state index is 13.0. The van der Waals surface area contributed by atoms with E-state index in [1.165, 1.54) is 4.90 Å². The van der Waals surface area contributed by atoms with Crippen molar-refractivity contribution in [2.75, 3.05) is 26.2 Å². The summed E-state index contributed by atoms with van der Waals surface area (Å²) in [6.07, 6.45) is -4.30. The molecule has 1 amide bonds. The third-order valence-electron chi connectivity index (χ3n) is 5.43. The standard InChI is InChI=1S/C22H21F3N4O4S/c23-22(24,25)17-7-4-8-18(15-17)34(31,32)29-13-11-28(12-14-29)20(30)10-9-19-26-27-21(33-19)16-5-2-1-3-6-16/h1-8,15H,9-14H2. The highest BCUT2D eigenvalue weighted by Crippen LogP contribution is 2.31. The lowest BCUT2D eigenvalue weighted by Crippen LogP contribution is -2.50. The van der Waals surface area contributed by atoms with Gasteiger partial charge in [0.1, 0.15) is 0 Å². The number of alkyl halides is 3. The summed E-state index contributed by atoms with van der Waals surface area (Å²) in [5, 5.41) is 7.94. The third kappa shape index (κ3) is 5.28. The van der Waals surface area contributed by atoms with Gasteiger partial charge in [-0.15, -0.1) is 10.2 Å². The minimum Gasteiger partial charge on any atom is -0.421 e. The van der Waals surface area contributed by atoms with E-state index in [2.05, 4.69) is 10.2 Å². The number of benzene rings is 2. The predicted molar refractivity (Wildman–Crippen MR) is 115 cm³/mol. The smallest absolute Gasteiger partial charge is 0.416 e. The first-order valence-corrected chi connectivity index (χ1v) is 11.9. The lowest BCUT2D eigenvalue weighted by Gasteiger charge is -2.34. The van der Waals surface area contributed by atoms with Crippen LogP contribution in [0.1, 0.15) is 17.9 Å². The molecule has 8 nitrogen and oxygen atoms in total. The van der Waals surface area contributed by atoms with Crippen LogP contribution in [0.3, 0.4) is 0 Å². The van der Waals surface area contributed by atoms with Crippen LogP contribution in [0.2, 0.25) is 0 Å². The highest BCUT2D eigenvalue weighted by atomic mass is 32.2. The Bertz CT molecular complexity index is 1250. The summed E-state index contributed by atoms with van der Waals surface area (Å²) in [4.78, 5) is 13.7. The molecule has 34 heavy (non-hydrogen) atoms. The predicted octanol–water partition coefficient (Wildman–Crippen LogP) is 3.22. The van der Waals surface area contributed by atoms with Crippen LogP contribution >= 0.6 is 0 Å². The topological polar surface area (TPSA) is 96.6 Å². The molecule has 0 unspecified atom stereocenters. The second kappa shape index (κ2) is 9.55. The van der Waals surface area contributed by atoms with Crippen molar-refractivity contribution in [2.45, 2.75) is 23.9 Å². The van der Waals surface area contributed by atoms with Crippen molar-refractivity contribution >= 4 is 15.9 Å². The SMILES string of the molecule is O=C(CCc1nnc(-c2ccccc2)o1)N1CCN(S(=O)(=O)c2cccc(C(F)(F)F)c2)CC1. The zero-order chi connectivity index (χ0) is 24.3. The Morgan fingerprint density at radius 3 is 2.35 bits per heavy atom. The molecule has 2 heterocycles. The van der Waals surface area contributed by atoms with Gasteiger partial charge in [-0.2, -0.15) is 17.5 Å². The van der Waals surface area contributed by atoms with Crippen LogP contribution in [0.15, 0.2) is 63.9 Å². The Morgan fingerprint density at radius 2 is 1.68 bits per heavy atom. The fourth-order valence-electron chi connectivity index (χ4n) is 3.58. The van der Waals surface area contributed by atoms with Gasteiger partial charge in [-0.25, -0.2) is 8.42 Å². The van der Waals surface area contributed by atoms with E-state index in [-0.39, 0.29) is 44.9 Å². The lowest BCUT2D eigenvalue weighted by molar-refractivity contribution is -0.137. The third-order valence-corrected chi connectivity index (χ3v) is 7.33. The summed E-state index contributed by atoms with van der Waals surface area (Å²) in [5.74, 6) is 0.477. The first-order valence-electron chi connectivity index (χ1n) is 10.5. The Balaban J connectivity index is 1.32. The van der Waals surface area contributed by atoms with Gasteiger partial charge in [0.2, 0.25) is 27.7 Å². The summed E-state index contributed by atoms with van der Waals surface area (Å²) in [6.45, 7) is 0.248. The molecule has 1 aliphatic rings. The van der Waals surface area contributed by atoms with Crippen LogP contribution < -0.4 is 0 Å². The molecule has 1 saturated heterocycles. The number of sulfonamides is 1. The highest BCUT2D eigenvalue weighted by Gasteiger charge is 2.34. The first-order chi connectivity index (χ1) is 16.1. The number of hydrogen-bond donors (Lipinski definition) is 0. The number of carbonyl (C=O) groups is 1. The van der Waals surface area contributed by atoms with Gasteiger partial charge in [0, 0.05) is 44.6 Å². The van der Waals surface area contributed by atoms with Crippen molar-refractivity contribution in [3.63, 3.8) is 0 Å². The average Bonchev–Trinajstić information content (AvgIpc) is 3.32. The van der Waals surface area contributed by atoms with Gasteiger partial charge in [0.05, 0.1) is 10.5 Å². The van der Waals surface area contributed by atoms with Crippen LogP contribution in [-0.2, 0) is 27.4 Å². The fraction of sp³-hybridized carbons (Fsp3) is 0.318. The number of aryl methyl sites for hydroxylation is 1. The van der Waals surface area contributed by atoms with E-state index in [1.807, 2.05) is 30.3 Å². The normalized spacial score (nSPS) is 15.4. The molecule has 4 rings (SSSR count). The van der Waals surface area contributed by atoms with E-state index in [1.54, 1.807) is 0 Å². The van der Waals surface area contributed by atoms with Crippen molar-refractivity contribution < 1.29 is 30.8 Å². The molecule has 1 fully saturated rings. The van der Waals surface area contributed by atoms with Gasteiger partial charge in [-0.05, 0) is 30.3 Å². The molecule has 2 aromatic carbocycles. The van der Waals surface area contributed by atoms with E-state index in [0.717, 1.165) is 28.1 Å². The number of hydrogen-bond acceptors (Lipinski definition) is 6. The molecule has 0 saturated carbocycles. The fourth-order valence-corrected chi connectivity index (χ4v) is 5.05. The van der Waals surface area contributed by atoms with Crippen molar-refractivity contribution in [3.8, 4) is 11.5 Å². The number of rotatable bonds is 6. The van der Waals surface area contributed by atoms with Gasteiger partial charge in [-0.3, -0.25) is 4.79 Å². The Morgan fingerprint density at radius 1 is 0.971 bits per heavy atom. The van der Waals surface area contributed by atoms with Crippen LogP contribution in [0.25, 0.3) is 11.5 Å². The summed E-state index contributed by atoms with van der Waals surface area (Å²) >= 11 is 0. The van der Waals surface area contributed by atoms with E-state index in [4.69, 9.17) is 4.42 Å². The Hall–Kier alpha value is -3.25. The molecule has 180 valence electrons. The summed E-state index contributed by atoms with van der Waals surface area (Å²) in [5.41, 5.74) is -0.260. The maximum atomic E-state index is 13.0. The van der Waals surface area contributed by atoms with Gasteiger partial charge in [0.25, 0.3) is 0 Å². The quantitative estimate of drug-likeness (QED) is 0.522. The van der Waals surface area contributed by atoms with Crippen molar-refractivity contribution in [1.29, 1.82) is 0 Å². The van der Waals surface area contributed by atoms with Crippen LogP contribution in [-0.4, -0.2) is 59.9 Å². The summed E-state index contributed by atoms with van der Waals surface area (Å²) in [7, 11) is -4.11. The Kier molecular flexibility index (Phi) is 6.71. The van der Waals surface area contributed by atoms with Crippen LogP contribution in [0.4, 0.5) is 13.2 Å². The average molecular weight is 494 g/mol. The number of nitrogens with zero attached hydrogens (tertiary/aromatic N) is 4. The molecule has 0 aliphatic carbocycles. The monoisotopic (exact) mass is 494 g/mol. The van der Waals surface area contributed by atoms with Gasteiger partial charge >= 0.3 is 6.18 Å². The van der Waals surface area contributed by atoms with Crippen molar-refractivity contribution in [3.05, 3.63) is 66.1 Å². The molecular weight excluding hydrogens is 473 g/mol. The molecular formula is C22H21F3N4O4S. The lowest BCUT2D eigenvalue weighted by atomic mass is 10.2. The number of halogens is 3. The number of aromatic nitrogens is 2. The molecule has 0 radical (unpaired) electrons. The molecule has 0 spiro atoms. The zero-order valence-corrected chi connectivity index (χ0v) is 18.7. The Labute approximate surface area is 194 Å². The van der Waals surface area contributed by atoms with Crippen LogP contribution in [0, 0.1) is 0 Å². The van der Waals surface area contributed by atoms with Crippen molar-refractivity contribution in [2.24, 2.45) is 0 Å². The molecule has 0 atom stereocenters. The zero-order valence-electron chi connectivity index (χ0n) is 17.9. The second-order valence-electron chi connectivity index (χ2n) is 7.68. The number of amides is 1. The van der Waals surface area contributed by atoms with Gasteiger partial charge in [-0.1, -0.05) is 24.3 Å². The number of piperazine rings is 1.